The van der Waals surface area contributed by atoms with Crippen LogP contribution in [0.25, 0.3) is 0 Å². The molecule has 1 saturated carbocycles. The van der Waals surface area contributed by atoms with Crippen LogP contribution in [0.2, 0.25) is 0 Å². The van der Waals surface area contributed by atoms with Gasteiger partial charge in [0.15, 0.2) is 0 Å². The van der Waals surface area contributed by atoms with Crippen molar-refractivity contribution in [2.45, 2.75) is 6.42 Å². The van der Waals surface area contributed by atoms with Crippen molar-refractivity contribution in [1.29, 1.82) is 0 Å². The topological polar surface area (TPSA) is 54.5 Å². The molecule has 0 spiro atoms. The zero-order chi connectivity index (χ0) is 10.7. The van der Waals surface area contributed by atoms with Crippen LogP contribution in [0.3, 0.4) is 0 Å². The highest BCUT2D eigenvalue weighted by Crippen LogP contribution is 2.47. The van der Waals surface area contributed by atoms with Gasteiger partial charge in [-0.15, -0.1) is 0 Å². The Balaban J connectivity index is 2.11. The summed E-state index contributed by atoms with van der Waals surface area (Å²) >= 11 is 0. The third-order valence-corrected chi connectivity index (χ3v) is 3.84. The SMILES string of the molecule is CN1C(=O)[C@@H]2[C@H](C1=O)[C@@H]1C=C[C@H]2C(=O)C1. The summed E-state index contributed by atoms with van der Waals surface area (Å²) in [6.07, 6.45) is 4.16. The average Bonchev–Trinajstić information content (AvgIpc) is 2.46. The van der Waals surface area contributed by atoms with Crippen molar-refractivity contribution >= 4 is 17.6 Å². The Labute approximate surface area is 86.9 Å². The summed E-state index contributed by atoms with van der Waals surface area (Å²) in [4.78, 5) is 36.4. The molecule has 0 N–H and O–H groups in total. The van der Waals surface area contributed by atoms with Crippen molar-refractivity contribution in [2.75, 3.05) is 7.05 Å². The molecule has 0 radical (unpaired) electrons. The van der Waals surface area contributed by atoms with Crippen LogP contribution >= 0.6 is 0 Å². The van der Waals surface area contributed by atoms with E-state index in [1.807, 2.05) is 12.2 Å². The van der Waals surface area contributed by atoms with E-state index in [1.54, 1.807) is 0 Å². The van der Waals surface area contributed by atoms with E-state index < -0.39 is 5.92 Å². The molecule has 4 atom stereocenters. The van der Waals surface area contributed by atoms with Crippen molar-refractivity contribution in [3.63, 3.8) is 0 Å². The first-order chi connectivity index (χ1) is 7.11. The van der Waals surface area contributed by atoms with Crippen molar-refractivity contribution in [3.05, 3.63) is 12.2 Å². The Kier molecular flexibility index (Phi) is 1.51. The van der Waals surface area contributed by atoms with Crippen LogP contribution in [0.1, 0.15) is 6.42 Å². The summed E-state index contributed by atoms with van der Waals surface area (Å²) < 4.78 is 0. The van der Waals surface area contributed by atoms with Gasteiger partial charge in [-0.05, 0) is 5.92 Å². The molecule has 4 heteroatoms. The fourth-order valence-corrected chi connectivity index (χ4v) is 3.06. The van der Waals surface area contributed by atoms with Crippen LogP contribution < -0.4 is 0 Å². The fraction of sp³-hybridized carbons (Fsp3) is 0.545. The van der Waals surface area contributed by atoms with Gasteiger partial charge in [0.1, 0.15) is 5.78 Å². The molecule has 15 heavy (non-hydrogen) atoms. The Morgan fingerprint density at radius 1 is 1.13 bits per heavy atom. The molecule has 3 aliphatic carbocycles. The number of carbonyl (C=O) groups excluding carboxylic acids is 3. The van der Waals surface area contributed by atoms with Crippen LogP contribution in [0.4, 0.5) is 0 Å². The number of ketones is 1. The molecular weight excluding hydrogens is 194 g/mol. The Hall–Kier alpha value is -1.45. The first-order valence-electron chi connectivity index (χ1n) is 5.13. The maximum Gasteiger partial charge on any atom is 0.233 e. The molecule has 0 unspecified atom stereocenters. The number of imide groups is 1. The summed E-state index contributed by atoms with van der Waals surface area (Å²) in [5.41, 5.74) is 0. The standard InChI is InChI=1S/C11H11NO3/c1-12-10(14)8-5-2-3-6(7(13)4-5)9(8)11(12)15/h2-3,5-6,8-9H,4H2,1H3/t5-,6+,8-,9+/m1/s1. The minimum atomic E-state index is -0.404. The zero-order valence-electron chi connectivity index (χ0n) is 8.34. The Morgan fingerprint density at radius 3 is 2.47 bits per heavy atom. The lowest BCUT2D eigenvalue weighted by Crippen LogP contribution is -2.43. The summed E-state index contributed by atoms with van der Waals surface area (Å²) in [6.45, 7) is 0. The van der Waals surface area contributed by atoms with Gasteiger partial charge in [-0.25, -0.2) is 0 Å². The summed E-state index contributed by atoms with van der Waals surface area (Å²) in [6, 6.07) is 0. The molecule has 1 aliphatic heterocycles. The predicted octanol–water partition coefficient (Wildman–Crippen LogP) is -0.00760. The number of rotatable bonds is 0. The van der Waals surface area contributed by atoms with E-state index >= 15 is 0 Å². The molecule has 1 saturated heterocycles. The van der Waals surface area contributed by atoms with Crippen molar-refractivity contribution < 1.29 is 14.4 Å². The highest BCUT2D eigenvalue weighted by atomic mass is 16.2. The van der Waals surface area contributed by atoms with E-state index in [9.17, 15) is 14.4 Å². The average molecular weight is 205 g/mol. The van der Waals surface area contributed by atoms with E-state index in [-0.39, 0.29) is 35.4 Å². The number of allylic oxidation sites excluding steroid dienone is 2. The fourth-order valence-electron chi connectivity index (χ4n) is 3.06. The number of hydrogen-bond donors (Lipinski definition) is 0. The highest BCUT2D eigenvalue weighted by molar-refractivity contribution is 6.09. The number of carbonyl (C=O) groups is 3. The van der Waals surface area contributed by atoms with Gasteiger partial charge in [0, 0.05) is 19.4 Å². The second-order valence-corrected chi connectivity index (χ2v) is 4.53. The normalized spacial score (nSPS) is 42.7. The molecule has 4 rings (SSSR count). The smallest absolute Gasteiger partial charge is 0.233 e. The number of likely N-dealkylation sites (tertiary alicyclic amines) is 1. The maximum absolute atomic E-state index is 11.8. The quantitative estimate of drug-likeness (QED) is 0.413. The van der Waals surface area contributed by atoms with Crippen LogP contribution in [0.15, 0.2) is 12.2 Å². The second kappa shape index (κ2) is 2.56. The first kappa shape index (κ1) is 8.83. The molecule has 0 aromatic heterocycles. The molecule has 4 aliphatic rings. The molecule has 2 amide bonds. The minimum absolute atomic E-state index is 0.0473. The third-order valence-electron chi connectivity index (χ3n) is 3.84. The predicted molar refractivity (Wildman–Crippen MR) is 50.5 cm³/mol. The second-order valence-electron chi connectivity index (χ2n) is 4.53. The van der Waals surface area contributed by atoms with Gasteiger partial charge >= 0.3 is 0 Å². The molecule has 1 heterocycles. The van der Waals surface area contributed by atoms with Gasteiger partial charge < -0.3 is 0 Å². The maximum atomic E-state index is 11.8. The Morgan fingerprint density at radius 2 is 1.80 bits per heavy atom. The van der Waals surface area contributed by atoms with E-state index in [0.29, 0.717) is 6.42 Å². The van der Waals surface area contributed by atoms with Crippen LogP contribution in [-0.4, -0.2) is 29.5 Å². The van der Waals surface area contributed by atoms with Gasteiger partial charge in [-0.2, -0.15) is 0 Å². The van der Waals surface area contributed by atoms with Crippen LogP contribution in [-0.2, 0) is 14.4 Å². The number of Topliss-reactive ketones (excluding diaryl/α,β-unsaturated/α-hetero) is 1. The van der Waals surface area contributed by atoms with Gasteiger partial charge in [0.05, 0.1) is 11.8 Å². The summed E-state index contributed by atoms with van der Waals surface area (Å²) in [5, 5.41) is 0. The van der Waals surface area contributed by atoms with Crippen molar-refractivity contribution in [2.24, 2.45) is 23.7 Å². The van der Waals surface area contributed by atoms with Crippen molar-refractivity contribution in [1.82, 2.24) is 4.90 Å². The van der Waals surface area contributed by atoms with Gasteiger partial charge in [-0.3, -0.25) is 19.3 Å². The Bertz CT molecular complexity index is 412. The molecule has 2 fully saturated rings. The van der Waals surface area contributed by atoms with E-state index in [1.165, 1.54) is 11.9 Å². The molecule has 78 valence electrons. The summed E-state index contributed by atoms with van der Waals surface area (Å²) in [7, 11) is 1.51. The summed E-state index contributed by atoms with van der Waals surface area (Å²) in [5.74, 6) is -1.25. The molecule has 2 bridgehead atoms. The van der Waals surface area contributed by atoms with Gasteiger partial charge in [-0.1, -0.05) is 12.2 Å². The lowest BCUT2D eigenvalue weighted by Gasteiger charge is -2.36. The van der Waals surface area contributed by atoms with Crippen LogP contribution in [0, 0.1) is 23.7 Å². The molecule has 0 aromatic rings. The highest BCUT2D eigenvalue weighted by Gasteiger charge is 2.58. The number of amides is 2. The molecule has 0 aromatic carbocycles. The van der Waals surface area contributed by atoms with E-state index in [2.05, 4.69) is 0 Å². The first-order valence-corrected chi connectivity index (χ1v) is 5.13. The van der Waals surface area contributed by atoms with Crippen LogP contribution in [0.5, 0.6) is 0 Å². The number of nitrogens with zero attached hydrogens (tertiary/aromatic N) is 1. The van der Waals surface area contributed by atoms with E-state index in [4.69, 9.17) is 0 Å². The lowest BCUT2D eigenvalue weighted by molar-refractivity contribution is -0.139. The largest absolute Gasteiger partial charge is 0.299 e. The van der Waals surface area contributed by atoms with Gasteiger partial charge in [0.2, 0.25) is 11.8 Å². The monoisotopic (exact) mass is 205 g/mol. The zero-order valence-corrected chi connectivity index (χ0v) is 8.34. The lowest BCUT2D eigenvalue weighted by atomic mass is 9.63. The molecule has 4 nitrogen and oxygen atoms in total. The van der Waals surface area contributed by atoms with Crippen molar-refractivity contribution in [3.8, 4) is 0 Å². The third kappa shape index (κ3) is 0.893. The number of hydrogen-bond acceptors (Lipinski definition) is 3. The van der Waals surface area contributed by atoms with Gasteiger partial charge in [0.25, 0.3) is 0 Å². The minimum Gasteiger partial charge on any atom is -0.299 e. The van der Waals surface area contributed by atoms with E-state index in [0.717, 1.165) is 0 Å². The molecular formula is C11H11NO3. The number of fused-ring (bicyclic) bond motifs is 1.